The number of rotatable bonds is 4. The van der Waals surface area contributed by atoms with Crippen molar-refractivity contribution in [2.24, 2.45) is 0 Å². The summed E-state index contributed by atoms with van der Waals surface area (Å²) in [6, 6.07) is 4.29. The smallest absolute Gasteiger partial charge is 0.329 e. The van der Waals surface area contributed by atoms with Crippen molar-refractivity contribution in [1.82, 2.24) is 0 Å². The van der Waals surface area contributed by atoms with Gasteiger partial charge in [0.2, 0.25) is 0 Å². The number of halogens is 2. The first-order valence-electron chi connectivity index (χ1n) is 3.83. The second-order valence-electron chi connectivity index (χ2n) is 2.60. The molecule has 0 aromatic heterocycles. The van der Waals surface area contributed by atoms with E-state index >= 15 is 0 Å². The SMILES string of the molecule is O=C(O)COCc1cccc(F)c1Cl. The van der Waals surface area contributed by atoms with Crippen molar-refractivity contribution in [3.63, 3.8) is 0 Å². The number of hydrogen-bond donors (Lipinski definition) is 1. The molecule has 0 bridgehead atoms. The van der Waals surface area contributed by atoms with Crippen LogP contribution >= 0.6 is 11.6 Å². The quantitative estimate of drug-likeness (QED) is 0.842. The molecule has 0 aliphatic carbocycles. The summed E-state index contributed by atoms with van der Waals surface area (Å²) in [7, 11) is 0. The summed E-state index contributed by atoms with van der Waals surface area (Å²) in [4.78, 5) is 10.1. The number of benzene rings is 1. The van der Waals surface area contributed by atoms with Crippen LogP contribution in [0.3, 0.4) is 0 Å². The van der Waals surface area contributed by atoms with Crippen LogP contribution in [0.2, 0.25) is 5.02 Å². The zero-order chi connectivity index (χ0) is 10.6. The third-order valence-corrected chi connectivity index (χ3v) is 1.94. The van der Waals surface area contributed by atoms with Crippen LogP contribution in [0.15, 0.2) is 18.2 Å². The highest BCUT2D eigenvalue weighted by molar-refractivity contribution is 6.31. The van der Waals surface area contributed by atoms with E-state index in [-0.39, 0.29) is 11.6 Å². The Morgan fingerprint density at radius 2 is 2.29 bits per heavy atom. The third kappa shape index (κ3) is 2.97. The summed E-state index contributed by atoms with van der Waals surface area (Å²) in [5, 5.41) is 8.25. The Morgan fingerprint density at radius 3 is 2.93 bits per heavy atom. The van der Waals surface area contributed by atoms with Crippen LogP contribution in [0.25, 0.3) is 0 Å². The summed E-state index contributed by atoms with van der Waals surface area (Å²) in [5.41, 5.74) is 0.438. The van der Waals surface area contributed by atoms with Crippen molar-refractivity contribution in [3.8, 4) is 0 Å². The van der Waals surface area contributed by atoms with Crippen molar-refractivity contribution in [3.05, 3.63) is 34.6 Å². The molecule has 1 aromatic rings. The Bertz CT molecular complexity index is 341. The minimum Gasteiger partial charge on any atom is -0.480 e. The summed E-state index contributed by atoms with van der Waals surface area (Å²) in [6.07, 6.45) is 0. The molecule has 0 saturated carbocycles. The number of aliphatic carboxylic acids is 1. The second-order valence-corrected chi connectivity index (χ2v) is 2.98. The molecular formula is C9H8ClFO3. The first-order valence-corrected chi connectivity index (χ1v) is 4.21. The molecule has 1 N–H and O–H groups in total. The molecular weight excluding hydrogens is 211 g/mol. The average Bonchev–Trinajstić information content (AvgIpc) is 2.12. The lowest BCUT2D eigenvalue weighted by atomic mass is 10.2. The molecule has 0 unspecified atom stereocenters. The first kappa shape index (κ1) is 10.9. The molecule has 1 rings (SSSR count). The van der Waals surface area contributed by atoms with Crippen LogP contribution in [0, 0.1) is 5.82 Å². The van der Waals surface area contributed by atoms with Gasteiger partial charge in [0.15, 0.2) is 0 Å². The van der Waals surface area contributed by atoms with E-state index < -0.39 is 18.4 Å². The molecule has 0 fully saturated rings. The van der Waals surface area contributed by atoms with Crippen LogP contribution in [0.1, 0.15) is 5.56 Å². The van der Waals surface area contributed by atoms with E-state index in [1.807, 2.05) is 0 Å². The lowest BCUT2D eigenvalue weighted by Gasteiger charge is -2.04. The normalized spacial score (nSPS) is 10.1. The lowest BCUT2D eigenvalue weighted by Crippen LogP contribution is -2.07. The number of carboxylic acids is 1. The topological polar surface area (TPSA) is 46.5 Å². The van der Waals surface area contributed by atoms with Gasteiger partial charge in [-0.05, 0) is 11.6 Å². The fraction of sp³-hybridized carbons (Fsp3) is 0.222. The number of carboxylic acid groups (broad SMARTS) is 1. The van der Waals surface area contributed by atoms with Crippen molar-refractivity contribution >= 4 is 17.6 Å². The summed E-state index contributed by atoms with van der Waals surface area (Å²) in [6.45, 7) is -0.435. The maximum absolute atomic E-state index is 12.9. The van der Waals surface area contributed by atoms with Crippen LogP contribution in [0.5, 0.6) is 0 Å². The number of hydrogen-bond acceptors (Lipinski definition) is 2. The Hall–Kier alpha value is -1.13. The molecule has 76 valence electrons. The van der Waals surface area contributed by atoms with Crippen LogP contribution in [-0.2, 0) is 16.1 Å². The summed E-state index contributed by atoms with van der Waals surface area (Å²) < 4.78 is 17.6. The van der Waals surface area contributed by atoms with Gasteiger partial charge in [0.1, 0.15) is 12.4 Å². The predicted octanol–water partition coefficient (Wildman–Crippen LogP) is 2.08. The third-order valence-electron chi connectivity index (χ3n) is 1.51. The monoisotopic (exact) mass is 218 g/mol. The van der Waals surface area contributed by atoms with E-state index in [4.69, 9.17) is 21.4 Å². The van der Waals surface area contributed by atoms with E-state index in [1.165, 1.54) is 12.1 Å². The molecule has 0 spiro atoms. The van der Waals surface area contributed by atoms with Gasteiger partial charge in [0.25, 0.3) is 0 Å². The standard InChI is InChI=1S/C9H8ClFO3/c10-9-6(2-1-3-7(9)11)4-14-5-8(12)13/h1-3H,4-5H2,(H,12,13). The first-order chi connectivity index (χ1) is 6.61. The van der Waals surface area contributed by atoms with Crippen molar-refractivity contribution in [2.45, 2.75) is 6.61 Å². The van der Waals surface area contributed by atoms with Gasteiger partial charge in [-0.15, -0.1) is 0 Å². The van der Waals surface area contributed by atoms with Crippen molar-refractivity contribution in [2.75, 3.05) is 6.61 Å². The van der Waals surface area contributed by atoms with Crippen molar-refractivity contribution in [1.29, 1.82) is 0 Å². The van der Waals surface area contributed by atoms with Crippen LogP contribution in [-0.4, -0.2) is 17.7 Å². The highest BCUT2D eigenvalue weighted by Gasteiger charge is 2.06. The second kappa shape index (κ2) is 4.93. The van der Waals surface area contributed by atoms with E-state index in [9.17, 15) is 9.18 Å². The Labute approximate surface area is 85.1 Å². The molecule has 0 radical (unpaired) electrons. The highest BCUT2D eigenvalue weighted by atomic mass is 35.5. The maximum Gasteiger partial charge on any atom is 0.329 e. The summed E-state index contributed by atoms with van der Waals surface area (Å²) in [5.74, 6) is -1.61. The maximum atomic E-state index is 12.9. The fourth-order valence-corrected chi connectivity index (χ4v) is 1.09. The van der Waals surface area contributed by atoms with Gasteiger partial charge >= 0.3 is 5.97 Å². The van der Waals surface area contributed by atoms with Gasteiger partial charge in [-0.2, -0.15) is 0 Å². The fourth-order valence-electron chi connectivity index (χ4n) is 0.908. The van der Waals surface area contributed by atoms with E-state index in [0.29, 0.717) is 5.56 Å². The molecule has 5 heteroatoms. The average molecular weight is 219 g/mol. The van der Waals surface area contributed by atoms with Gasteiger partial charge in [-0.1, -0.05) is 23.7 Å². The van der Waals surface area contributed by atoms with E-state index in [0.717, 1.165) is 0 Å². The summed E-state index contributed by atoms with van der Waals surface area (Å²) >= 11 is 5.61. The molecule has 0 aliphatic rings. The molecule has 14 heavy (non-hydrogen) atoms. The van der Waals surface area contributed by atoms with Crippen LogP contribution < -0.4 is 0 Å². The molecule has 0 aliphatic heterocycles. The lowest BCUT2D eigenvalue weighted by molar-refractivity contribution is -0.142. The molecule has 0 amide bonds. The van der Waals surface area contributed by atoms with Gasteiger partial charge in [-0.25, -0.2) is 9.18 Å². The Morgan fingerprint density at radius 1 is 1.57 bits per heavy atom. The van der Waals surface area contributed by atoms with Gasteiger partial charge in [-0.3, -0.25) is 0 Å². The highest BCUT2D eigenvalue weighted by Crippen LogP contribution is 2.19. The molecule has 0 saturated heterocycles. The largest absolute Gasteiger partial charge is 0.480 e. The van der Waals surface area contributed by atoms with Crippen LogP contribution in [0.4, 0.5) is 4.39 Å². The minimum absolute atomic E-state index is 0.0110. The predicted molar refractivity (Wildman–Crippen MR) is 48.7 cm³/mol. The number of ether oxygens (including phenoxy) is 1. The minimum atomic E-state index is -1.07. The molecule has 0 atom stereocenters. The zero-order valence-corrected chi connectivity index (χ0v) is 7.92. The van der Waals surface area contributed by atoms with E-state index in [1.54, 1.807) is 6.07 Å². The zero-order valence-electron chi connectivity index (χ0n) is 7.17. The molecule has 0 heterocycles. The van der Waals surface area contributed by atoms with Crippen molar-refractivity contribution < 1.29 is 19.0 Å². The Kier molecular flexibility index (Phi) is 3.85. The molecule has 3 nitrogen and oxygen atoms in total. The van der Waals surface area contributed by atoms with Gasteiger partial charge < -0.3 is 9.84 Å². The molecule has 1 aromatic carbocycles. The number of carbonyl (C=O) groups is 1. The Balaban J connectivity index is 2.59. The van der Waals surface area contributed by atoms with E-state index in [2.05, 4.69) is 0 Å². The van der Waals surface area contributed by atoms with Gasteiger partial charge in [0.05, 0.1) is 11.6 Å². The van der Waals surface area contributed by atoms with Gasteiger partial charge in [0, 0.05) is 0 Å².